The van der Waals surface area contributed by atoms with Gasteiger partial charge in [0.1, 0.15) is 0 Å². The number of morpholine rings is 1. The number of hydrogen-bond acceptors (Lipinski definition) is 3. The molecule has 1 aromatic rings. The molecule has 2 aliphatic rings. The third kappa shape index (κ3) is 3.60. The molecule has 2 fully saturated rings. The molecule has 1 atom stereocenters. The molecule has 2 aliphatic heterocycles. The van der Waals surface area contributed by atoms with Crippen molar-refractivity contribution in [3.8, 4) is 0 Å². The summed E-state index contributed by atoms with van der Waals surface area (Å²) in [6.07, 6.45) is 1.06. The molecule has 3 rings (SSSR count). The predicted octanol–water partition coefficient (Wildman–Crippen LogP) is 2.60. The molecule has 0 aliphatic carbocycles. The number of ether oxygens (including phenoxy) is 1. The van der Waals surface area contributed by atoms with Crippen molar-refractivity contribution in [1.82, 2.24) is 9.80 Å². The van der Waals surface area contributed by atoms with Crippen LogP contribution in [0.3, 0.4) is 0 Å². The number of carbonyl (C=O) groups excluding carboxylic acids is 1. The second kappa shape index (κ2) is 6.93. The number of rotatable bonds is 2. The van der Waals surface area contributed by atoms with Crippen molar-refractivity contribution in [2.24, 2.45) is 0 Å². The first-order valence-electron chi connectivity index (χ1n) is 7.21. The minimum Gasteiger partial charge on any atom is -0.379 e. The van der Waals surface area contributed by atoms with Gasteiger partial charge in [-0.2, -0.15) is 0 Å². The van der Waals surface area contributed by atoms with Crippen LogP contribution >= 0.6 is 38.5 Å². The fourth-order valence-electron chi connectivity index (χ4n) is 3.00. The van der Waals surface area contributed by atoms with Gasteiger partial charge in [-0.05, 0) is 63.1 Å². The summed E-state index contributed by atoms with van der Waals surface area (Å²) in [7, 11) is 0. The molecule has 1 unspecified atom stereocenters. The maximum Gasteiger partial charge on any atom is 0.255 e. The first-order chi connectivity index (χ1) is 10.1. The highest BCUT2D eigenvalue weighted by atomic mass is 127. The van der Waals surface area contributed by atoms with Gasteiger partial charge in [-0.1, -0.05) is 0 Å². The molecule has 0 aromatic heterocycles. The van der Waals surface area contributed by atoms with Crippen LogP contribution in [0.15, 0.2) is 22.7 Å². The maximum absolute atomic E-state index is 12.7. The van der Waals surface area contributed by atoms with E-state index < -0.39 is 0 Å². The normalized spacial score (nSPS) is 23.5. The molecule has 1 amide bonds. The lowest BCUT2D eigenvalue weighted by molar-refractivity contribution is 0.0185. The van der Waals surface area contributed by atoms with E-state index in [4.69, 9.17) is 4.74 Å². The van der Waals surface area contributed by atoms with Crippen molar-refractivity contribution >= 4 is 44.4 Å². The summed E-state index contributed by atoms with van der Waals surface area (Å²) in [6, 6.07) is 6.39. The van der Waals surface area contributed by atoms with E-state index in [2.05, 4.69) is 43.4 Å². The lowest BCUT2D eigenvalue weighted by Crippen LogP contribution is -2.45. The largest absolute Gasteiger partial charge is 0.379 e. The van der Waals surface area contributed by atoms with Crippen LogP contribution in [0.25, 0.3) is 0 Å². The van der Waals surface area contributed by atoms with Crippen LogP contribution in [0.1, 0.15) is 16.8 Å². The summed E-state index contributed by atoms with van der Waals surface area (Å²) in [5, 5.41) is 0. The van der Waals surface area contributed by atoms with Gasteiger partial charge in [-0.15, -0.1) is 0 Å². The zero-order chi connectivity index (χ0) is 14.8. The number of benzene rings is 1. The van der Waals surface area contributed by atoms with E-state index in [9.17, 15) is 4.79 Å². The smallest absolute Gasteiger partial charge is 0.255 e. The van der Waals surface area contributed by atoms with Gasteiger partial charge >= 0.3 is 0 Å². The number of hydrogen-bond donors (Lipinski definition) is 0. The highest BCUT2D eigenvalue weighted by Gasteiger charge is 2.32. The summed E-state index contributed by atoms with van der Waals surface area (Å²) in [5.41, 5.74) is 0.768. The Balaban J connectivity index is 1.67. The van der Waals surface area contributed by atoms with Gasteiger partial charge in [-0.3, -0.25) is 9.69 Å². The molecule has 4 nitrogen and oxygen atoms in total. The second-order valence-corrected chi connectivity index (χ2v) is 7.57. The molecule has 2 heterocycles. The summed E-state index contributed by atoms with van der Waals surface area (Å²) in [6.45, 7) is 5.27. The molecule has 0 bridgehead atoms. The van der Waals surface area contributed by atoms with Crippen molar-refractivity contribution in [3.63, 3.8) is 0 Å². The van der Waals surface area contributed by atoms with Crippen molar-refractivity contribution in [2.45, 2.75) is 12.5 Å². The first kappa shape index (κ1) is 15.7. The number of amides is 1. The Morgan fingerprint density at radius 2 is 2.05 bits per heavy atom. The average Bonchev–Trinajstić information content (AvgIpc) is 3.00. The number of nitrogens with zero attached hydrogens (tertiary/aromatic N) is 2. The Morgan fingerprint density at radius 3 is 2.81 bits per heavy atom. The predicted molar refractivity (Wildman–Crippen MR) is 93.6 cm³/mol. The Morgan fingerprint density at radius 1 is 1.29 bits per heavy atom. The van der Waals surface area contributed by atoms with Gasteiger partial charge in [0.2, 0.25) is 0 Å². The average molecular weight is 465 g/mol. The van der Waals surface area contributed by atoms with Crippen LogP contribution < -0.4 is 0 Å². The van der Waals surface area contributed by atoms with Crippen LogP contribution in [0, 0.1) is 3.57 Å². The van der Waals surface area contributed by atoms with Gasteiger partial charge in [0.05, 0.1) is 18.8 Å². The lowest BCUT2D eigenvalue weighted by atomic mass is 10.2. The van der Waals surface area contributed by atoms with Gasteiger partial charge in [0.25, 0.3) is 5.91 Å². The monoisotopic (exact) mass is 464 g/mol. The lowest BCUT2D eigenvalue weighted by Gasteiger charge is -2.32. The Kier molecular flexibility index (Phi) is 5.19. The third-order valence-electron chi connectivity index (χ3n) is 4.17. The van der Waals surface area contributed by atoms with Crippen LogP contribution in [-0.2, 0) is 4.74 Å². The topological polar surface area (TPSA) is 32.8 Å². The summed E-state index contributed by atoms with van der Waals surface area (Å²) >= 11 is 5.74. The molecule has 2 saturated heterocycles. The van der Waals surface area contributed by atoms with Gasteiger partial charge in [-0.25, -0.2) is 0 Å². The fourth-order valence-corrected chi connectivity index (χ4v) is 3.91. The SMILES string of the molecule is O=C(c1cc(I)ccc1Br)N1CCC(N2CCOCC2)C1. The van der Waals surface area contributed by atoms with Crippen molar-refractivity contribution in [3.05, 3.63) is 31.8 Å². The minimum atomic E-state index is 0.135. The molecule has 1 aromatic carbocycles. The van der Waals surface area contributed by atoms with Crippen molar-refractivity contribution in [2.75, 3.05) is 39.4 Å². The van der Waals surface area contributed by atoms with E-state index in [1.54, 1.807) is 0 Å². The number of carbonyl (C=O) groups is 1. The van der Waals surface area contributed by atoms with E-state index >= 15 is 0 Å². The molecule has 0 N–H and O–H groups in total. The highest BCUT2D eigenvalue weighted by Crippen LogP contribution is 2.24. The fraction of sp³-hybridized carbons (Fsp3) is 0.533. The molecule has 0 spiro atoms. The summed E-state index contributed by atoms with van der Waals surface area (Å²) < 4.78 is 7.37. The van der Waals surface area contributed by atoms with Gasteiger partial charge in [0, 0.05) is 40.3 Å². The van der Waals surface area contributed by atoms with Gasteiger partial charge < -0.3 is 9.64 Å². The summed E-state index contributed by atoms with van der Waals surface area (Å²) in [5.74, 6) is 0.135. The van der Waals surface area contributed by atoms with E-state index in [0.717, 1.165) is 59.4 Å². The molecule has 21 heavy (non-hydrogen) atoms. The van der Waals surface area contributed by atoms with Gasteiger partial charge in [0.15, 0.2) is 0 Å². The molecule has 0 radical (unpaired) electrons. The Labute approximate surface area is 147 Å². The van der Waals surface area contributed by atoms with Crippen LogP contribution in [0.5, 0.6) is 0 Å². The quantitative estimate of drug-likeness (QED) is 0.631. The van der Waals surface area contributed by atoms with Crippen molar-refractivity contribution in [1.29, 1.82) is 0 Å². The molecule has 114 valence electrons. The van der Waals surface area contributed by atoms with E-state index in [1.807, 2.05) is 23.1 Å². The molecular weight excluding hydrogens is 447 g/mol. The number of likely N-dealkylation sites (tertiary alicyclic amines) is 1. The Hall–Kier alpha value is -0.180. The van der Waals surface area contributed by atoms with Crippen molar-refractivity contribution < 1.29 is 9.53 Å². The number of halogens is 2. The zero-order valence-electron chi connectivity index (χ0n) is 11.7. The van der Waals surface area contributed by atoms with E-state index in [-0.39, 0.29) is 5.91 Å². The highest BCUT2D eigenvalue weighted by molar-refractivity contribution is 14.1. The van der Waals surface area contributed by atoms with E-state index in [0.29, 0.717) is 6.04 Å². The Bertz CT molecular complexity index is 534. The molecular formula is C15H18BrIN2O2. The summed E-state index contributed by atoms with van der Waals surface area (Å²) in [4.78, 5) is 17.1. The first-order valence-corrected chi connectivity index (χ1v) is 9.08. The maximum atomic E-state index is 12.7. The standard InChI is InChI=1S/C15H18BrIN2O2/c16-14-2-1-11(17)9-13(14)15(20)19-4-3-12(10-19)18-5-7-21-8-6-18/h1-2,9,12H,3-8,10H2. The van der Waals surface area contributed by atoms with Crippen LogP contribution in [-0.4, -0.2) is 61.1 Å². The zero-order valence-corrected chi connectivity index (χ0v) is 15.5. The molecule has 6 heteroatoms. The van der Waals surface area contributed by atoms with Crippen LogP contribution in [0.4, 0.5) is 0 Å². The molecule has 0 saturated carbocycles. The second-order valence-electron chi connectivity index (χ2n) is 5.47. The van der Waals surface area contributed by atoms with Crippen LogP contribution in [0.2, 0.25) is 0 Å². The third-order valence-corrected chi connectivity index (χ3v) is 5.53. The minimum absolute atomic E-state index is 0.135. The van der Waals surface area contributed by atoms with E-state index in [1.165, 1.54) is 0 Å².